The van der Waals surface area contributed by atoms with Crippen LogP contribution in [0.1, 0.15) is 53.4 Å². The van der Waals surface area contributed by atoms with Crippen LogP contribution in [0.5, 0.6) is 0 Å². The number of hydrogen-bond donors (Lipinski definition) is 2. The van der Waals surface area contributed by atoms with Gasteiger partial charge in [-0.05, 0) is 63.7 Å². The van der Waals surface area contributed by atoms with Crippen molar-refractivity contribution in [1.82, 2.24) is 0 Å². The highest BCUT2D eigenvalue weighted by molar-refractivity contribution is 5.91. The van der Waals surface area contributed by atoms with Crippen molar-refractivity contribution < 1.29 is 34.0 Å². The maximum atomic E-state index is 11.5. The van der Waals surface area contributed by atoms with Crippen molar-refractivity contribution in [2.24, 2.45) is 11.8 Å². The van der Waals surface area contributed by atoms with Gasteiger partial charge in [-0.25, -0.2) is 0 Å². The fourth-order valence-corrected chi connectivity index (χ4v) is 4.80. The van der Waals surface area contributed by atoms with E-state index in [1.54, 1.807) is 13.2 Å². The third-order valence-electron chi connectivity index (χ3n) is 6.47. The SMILES string of the molecule is CO[C@@H]1C[C@H](/C=C(\C)[C@@H](O)[C@H](C)[C@@H]2C[C@]3(C=CC(=O)CO3)OC(C)(C)O2)CC[C@H]1O. The largest absolute Gasteiger partial charge is 0.390 e. The van der Waals surface area contributed by atoms with Crippen molar-refractivity contribution >= 4 is 5.78 Å². The highest BCUT2D eigenvalue weighted by Gasteiger charge is 2.49. The van der Waals surface area contributed by atoms with Gasteiger partial charge in [-0.15, -0.1) is 0 Å². The first kappa shape index (κ1) is 23.6. The molecule has 0 aromatic heterocycles. The summed E-state index contributed by atoms with van der Waals surface area (Å²) in [4.78, 5) is 11.5. The van der Waals surface area contributed by atoms with Gasteiger partial charge in [-0.2, -0.15) is 0 Å². The van der Waals surface area contributed by atoms with E-state index >= 15 is 0 Å². The fraction of sp³-hybridized carbons (Fsp3) is 0.783. The predicted molar refractivity (Wildman–Crippen MR) is 111 cm³/mol. The predicted octanol–water partition coefficient (Wildman–Crippen LogP) is 2.50. The van der Waals surface area contributed by atoms with Crippen LogP contribution in [0.25, 0.3) is 0 Å². The van der Waals surface area contributed by atoms with Gasteiger partial charge in [0.05, 0.1) is 24.4 Å². The van der Waals surface area contributed by atoms with E-state index in [2.05, 4.69) is 6.08 Å². The van der Waals surface area contributed by atoms with Gasteiger partial charge < -0.3 is 29.2 Å². The van der Waals surface area contributed by atoms with Gasteiger partial charge >= 0.3 is 0 Å². The molecule has 0 amide bonds. The first-order valence-electron chi connectivity index (χ1n) is 10.9. The zero-order valence-electron chi connectivity index (χ0n) is 18.7. The van der Waals surface area contributed by atoms with E-state index in [1.807, 2.05) is 27.7 Å². The number of carbonyl (C=O) groups is 1. The normalized spacial score (nSPS) is 39.2. The molecule has 1 saturated heterocycles. The van der Waals surface area contributed by atoms with Crippen LogP contribution in [-0.2, 0) is 23.7 Å². The summed E-state index contributed by atoms with van der Waals surface area (Å²) in [6.07, 6.45) is 6.38. The summed E-state index contributed by atoms with van der Waals surface area (Å²) in [5, 5.41) is 21.1. The van der Waals surface area contributed by atoms with Crippen molar-refractivity contribution in [2.75, 3.05) is 13.7 Å². The first-order chi connectivity index (χ1) is 14.0. The first-order valence-corrected chi connectivity index (χ1v) is 10.9. The summed E-state index contributed by atoms with van der Waals surface area (Å²) in [5.74, 6) is -1.97. The Morgan fingerprint density at radius 3 is 2.73 bits per heavy atom. The molecule has 1 saturated carbocycles. The van der Waals surface area contributed by atoms with Crippen molar-refractivity contribution in [2.45, 2.75) is 89.4 Å². The minimum absolute atomic E-state index is 0.0244. The Kier molecular flexibility index (Phi) is 7.22. The molecule has 7 nitrogen and oxygen atoms in total. The van der Waals surface area contributed by atoms with Gasteiger partial charge in [0.25, 0.3) is 0 Å². The van der Waals surface area contributed by atoms with Crippen LogP contribution in [0, 0.1) is 11.8 Å². The van der Waals surface area contributed by atoms with Gasteiger partial charge in [-0.3, -0.25) is 4.79 Å². The number of ketones is 1. The van der Waals surface area contributed by atoms with Crippen LogP contribution in [-0.4, -0.2) is 65.7 Å². The molecule has 7 heteroatoms. The van der Waals surface area contributed by atoms with Gasteiger partial charge in [0.2, 0.25) is 0 Å². The second-order valence-corrected chi connectivity index (χ2v) is 9.39. The van der Waals surface area contributed by atoms with E-state index in [9.17, 15) is 15.0 Å². The van der Waals surface area contributed by atoms with E-state index in [1.165, 1.54) is 6.08 Å². The molecular weight excluding hydrogens is 388 g/mol. The van der Waals surface area contributed by atoms with Crippen molar-refractivity contribution in [3.63, 3.8) is 0 Å². The quantitative estimate of drug-likeness (QED) is 0.655. The highest BCUT2D eigenvalue weighted by Crippen LogP contribution is 2.41. The van der Waals surface area contributed by atoms with E-state index in [0.29, 0.717) is 12.8 Å². The van der Waals surface area contributed by atoms with Crippen molar-refractivity contribution in [3.8, 4) is 0 Å². The molecule has 2 fully saturated rings. The maximum absolute atomic E-state index is 11.5. The molecule has 3 rings (SSSR count). The van der Waals surface area contributed by atoms with E-state index in [-0.39, 0.29) is 36.4 Å². The summed E-state index contributed by atoms with van der Waals surface area (Å²) < 4.78 is 23.3. The third-order valence-corrected chi connectivity index (χ3v) is 6.47. The number of aliphatic hydroxyl groups is 2. The van der Waals surface area contributed by atoms with Crippen LogP contribution in [0.3, 0.4) is 0 Å². The lowest BCUT2D eigenvalue weighted by Gasteiger charge is -2.49. The van der Waals surface area contributed by atoms with Crippen molar-refractivity contribution in [3.05, 3.63) is 23.8 Å². The second kappa shape index (κ2) is 9.18. The summed E-state index contributed by atoms with van der Waals surface area (Å²) in [6.45, 7) is 7.50. The zero-order chi connectivity index (χ0) is 22.1. The van der Waals surface area contributed by atoms with Gasteiger partial charge in [0, 0.05) is 19.4 Å². The molecule has 7 atom stereocenters. The number of allylic oxidation sites excluding steroid dienone is 1. The average molecular weight is 425 g/mol. The number of carbonyl (C=O) groups excluding carboxylic acids is 1. The van der Waals surface area contributed by atoms with Crippen molar-refractivity contribution in [1.29, 1.82) is 0 Å². The van der Waals surface area contributed by atoms with E-state index in [0.717, 1.165) is 18.4 Å². The lowest BCUT2D eigenvalue weighted by Crippen LogP contribution is -2.56. The van der Waals surface area contributed by atoms with Gasteiger partial charge in [0.1, 0.15) is 6.61 Å². The number of aliphatic hydroxyl groups excluding tert-OH is 2. The summed E-state index contributed by atoms with van der Waals surface area (Å²) >= 11 is 0. The maximum Gasteiger partial charge on any atom is 0.194 e. The number of hydrogen-bond acceptors (Lipinski definition) is 7. The summed E-state index contributed by atoms with van der Waals surface area (Å²) in [6, 6.07) is 0. The molecule has 0 aromatic carbocycles. The molecule has 170 valence electrons. The Bertz CT molecular complexity index is 685. The number of ether oxygens (including phenoxy) is 4. The molecule has 30 heavy (non-hydrogen) atoms. The lowest BCUT2D eigenvalue weighted by molar-refractivity contribution is -0.389. The Labute approximate surface area is 179 Å². The molecule has 0 aromatic rings. The standard InChI is InChI=1S/C23H36O7/c1-14(10-16-6-7-18(25)19(11-16)27-5)21(26)15(2)20-12-23(30-22(3,4)29-20)9-8-17(24)13-28-23/h8-10,15-16,18-21,25-26H,6-7,11-13H2,1-5H3/b14-10+/t15-,16+,18-,19-,20+,21-,23+/m1/s1. The van der Waals surface area contributed by atoms with Gasteiger partial charge in [-0.1, -0.05) is 13.0 Å². The molecule has 1 aliphatic carbocycles. The molecule has 1 spiro atoms. The average Bonchev–Trinajstić information content (AvgIpc) is 2.69. The zero-order valence-corrected chi connectivity index (χ0v) is 18.7. The van der Waals surface area contributed by atoms with Crippen LogP contribution < -0.4 is 0 Å². The van der Waals surface area contributed by atoms with Crippen LogP contribution >= 0.6 is 0 Å². The molecule has 3 aliphatic rings. The summed E-state index contributed by atoms with van der Waals surface area (Å²) in [5.41, 5.74) is 0.885. The Hall–Kier alpha value is -1.09. The molecular formula is C23H36O7. The number of rotatable bonds is 5. The molecule has 0 radical (unpaired) electrons. The van der Waals surface area contributed by atoms with E-state index in [4.69, 9.17) is 18.9 Å². The minimum Gasteiger partial charge on any atom is -0.390 e. The molecule has 0 unspecified atom stereocenters. The molecule has 2 heterocycles. The van der Waals surface area contributed by atoms with E-state index < -0.39 is 23.8 Å². The monoisotopic (exact) mass is 424 g/mol. The Balaban J connectivity index is 1.70. The highest BCUT2D eigenvalue weighted by atomic mass is 16.8. The lowest BCUT2D eigenvalue weighted by atomic mass is 9.82. The molecule has 0 bridgehead atoms. The molecule has 2 N–H and O–H groups in total. The second-order valence-electron chi connectivity index (χ2n) is 9.39. The smallest absolute Gasteiger partial charge is 0.194 e. The third kappa shape index (κ3) is 5.39. The Morgan fingerprint density at radius 2 is 2.10 bits per heavy atom. The van der Waals surface area contributed by atoms with Gasteiger partial charge in [0.15, 0.2) is 17.4 Å². The molecule has 2 aliphatic heterocycles. The van der Waals surface area contributed by atoms with Crippen LogP contribution in [0.2, 0.25) is 0 Å². The number of methoxy groups -OCH3 is 1. The van der Waals surface area contributed by atoms with Crippen LogP contribution in [0.4, 0.5) is 0 Å². The fourth-order valence-electron chi connectivity index (χ4n) is 4.80. The Morgan fingerprint density at radius 1 is 1.37 bits per heavy atom. The summed E-state index contributed by atoms with van der Waals surface area (Å²) in [7, 11) is 1.62. The minimum atomic E-state index is -1.02. The topological polar surface area (TPSA) is 94.5 Å². The van der Waals surface area contributed by atoms with Crippen LogP contribution in [0.15, 0.2) is 23.8 Å².